The highest BCUT2D eigenvalue weighted by Gasteiger charge is 1.83. The van der Waals surface area contributed by atoms with E-state index in [2.05, 4.69) is 20.2 Å². The quantitative estimate of drug-likeness (QED) is 0.716. The average molecular weight is 248 g/mol. The van der Waals surface area contributed by atoms with Crippen molar-refractivity contribution in [1.82, 2.24) is 20.2 Å². The van der Waals surface area contributed by atoms with Gasteiger partial charge in [-0.1, -0.05) is 14.9 Å². The lowest BCUT2D eigenvalue weighted by Crippen LogP contribution is -1.86. The molecular weight excluding hydrogens is 224 g/mol. The van der Waals surface area contributed by atoms with E-state index >= 15 is 0 Å². The van der Waals surface area contributed by atoms with E-state index in [0.717, 1.165) is 22.8 Å². The van der Waals surface area contributed by atoms with Gasteiger partial charge in [0.15, 0.2) is 0 Å². The Bertz CT molecular complexity index is 335. The lowest BCUT2D eigenvalue weighted by molar-refractivity contribution is 0.941. The molecule has 0 saturated heterocycles. The maximum atomic E-state index is 4.02. The molecule has 2 rings (SSSR count). The fraction of sp³-hybridized carbons (Fsp3) is 0.429. The summed E-state index contributed by atoms with van der Waals surface area (Å²) in [6, 6.07) is 3.89. The highest BCUT2D eigenvalue weighted by molar-refractivity contribution is 5.02. The highest BCUT2D eigenvalue weighted by Crippen LogP contribution is 1.90. The summed E-state index contributed by atoms with van der Waals surface area (Å²) in [6.45, 7) is 7.69. The topological polar surface area (TPSA) is 51.6 Å². The first-order valence-electron chi connectivity index (χ1n) is 5.10. The molecule has 2 aromatic heterocycles. The molecule has 0 radical (unpaired) electrons. The highest BCUT2D eigenvalue weighted by atomic mass is 15.1. The number of nitrogens with zero attached hydrogens (tertiary/aromatic N) is 4. The molecule has 0 unspecified atom stereocenters. The molecule has 4 nitrogen and oxygen atoms in total. The summed E-state index contributed by atoms with van der Waals surface area (Å²) in [4.78, 5) is 8.03. The van der Waals surface area contributed by atoms with Crippen molar-refractivity contribution in [3.05, 3.63) is 47.3 Å². The minimum atomic E-state index is 0. The van der Waals surface area contributed by atoms with Crippen LogP contribution in [0, 0.1) is 27.7 Å². The molecule has 0 saturated carbocycles. The summed E-state index contributed by atoms with van der Waals surface area (Å²) in [6.07, 6.45) is 3.52. The molecule has 0 aliphatic carbocycles. The van der Waals surface area contributed by atoms with Crippen molar-refractivity contribution in [3.8, 4) is 0 Å². The zero-order chi connectivity index (χ0) is 12.0. The molecule has 100 valence electrons. The van der Waals surface area contributed by atoms with Gasteiger partial charge in [0.25, 0.3) is 0 Å². The van der Waals surface area contributed by atoms with Crippen molar-refractivity contribution < 1.29 is 0 Å². The molecule has 0 N–H and O–H groups in total. The van der Waals surface area contributed by atoms with Gasteiger partial charge >= 0.3 is 0 Å². The first kappa shape index (κ1) is 18.5. The van der Waals surface area contributed by atoms with Crippen molar-refractivity contribution in [2.45, 2.75) is 42.5 Å². The van der Waals surface area contributed by atoms with Crippen LogP contribution >= 0.6 is 0 Å². The minimum absolute atomic E-state index is 0. The van der Waals surface area contributed by atoms with E-state index in [1.807, 2.05) is 39.8 Å². The second kappa shape index (κ2) is 9.22. The summed E-state index contributed by atoms with van der Waals surface area (Å²) < 4.78 is 0. The Hall–Kier alpha value is -1.84. The van der Waals surface area contributed by atoms with E-state index in [1.165, 1.54) is 0 Å². The third kappa shape index (κ3) is 7.44. The molecule has 0 amide bonds. The van der Waals surface area contributed by atoms with Gasteiger partial charge in [0.1, 0.15) is 0 Å². The van der Waals surface area contributed by atoms with Gasteiger partial charge in [-0.25, -0.2) is 0 Å². The van der Waals surface area contributed by atoms with Crippen LogP contribution in [-0.2, 0) is 0 Å². The van der Waals surface area contributed by atoms with Crippen molar-refractivity contribution in [1.29, 1.82) is 0 Å². The number of hydrogen-bond donors (Lipinski definition) is 0. The fourth-order valence-corrected chi connectivity index (χ4v) is 0.923. The van der Waals surface area contributed by atoms with Crippen molar-refractivity contribution in [2.24, 2.45) is 0 Å². The lowest BCUT2D eigenvalue weighted by Gasteiger charge is -1.88. The van der Waals surface area contributed by atoms with Crippen LogP contribution in [0.5, 0.6) is 0 Å². The maximum absolute atomic E-state index is 4.02. The van der Waals surface area contributed by atoms with E-state index in [-0.39, 0.29) is 14.9 Å². The first-order chi connectivity index (χ1) is 7.58. The minimum Gasteiger partial charge on any atom is -0.258 e. The molecule has 4 heteroatoms. The zero-order valence-corrected chi connectivity index (χ0v) is 10.1. The molecule has 0 spiro atoms. The Morgan fingerprint density at radius 1 is 0.611 bits per heavy atom. The summed E-state index contributed by atoms with van der Waals surface area (Å²) in [7, 11) is 0. The van der Waals surface area contributed by atoms with Gasteiger partial charge in [-0.05, 0) is 39.8 Å². The predicted molar refractivity (Wildman–Crippen MR) is 76.5 cm³/mol. The molecular formula is C14H24N4. The van der Waals surface area contributed by atoms with Gasteiger partial charge in [0, 0.05) is 12.4 Å². The smallest absolute Gasteiger partial charge is 0.0600 e. The summed E-state index contributed by atoms with van der Waals surface area (Å²) in [5.74, 6) is 0. The van der Waals surface area contributed by atoms with Crippen LogP contribution in [0.4, 0.5) is 0 Å². The largest absolute Gasteiger partial charge is 0.258 e. The molecule has 0 aliphatic heterocycles. The van der Waals surface area contributed by atoms with Crippen molar-refractivity contribution in [3.63, 3.8) is 0 Å². The summed E-state index contributed by atoms with van der Waals surface area (Å²) in [5.41, 5.74) is 3.87. The van der Waals surface area contributed by atoms with Gasteiger partial charge in [-0.15, -0.1) is 0 Å². The molecule has 2 heterocycles. The van der Waals surface area contributed by atoms with Gasteiger partial charge in [0.05, 0.1) is 22.8 Å². The van der Waals surface area contributed by atoms with Gasteiger partial charge in [0.2, 0.25) is 0 Å². The summed E-state index contributed by atoms with van der Waals surface area (Å²) in [5, 5.41) is 7.66. The molecule has 0 atom stereocenters. The third-order valence-electron chi connectivity index (χ3n) is 1.84. The van der Waals surface area contributed by atoms with E-state index < -0.39 is 0 Å². The van der Waals surface area contributed by atoms with Gasteiger partial charge in [-0.3, -0.25) is 9.97 Å². The second-order valence-corrected chi connectivity index (χ2v) is 3.62. The summed E-state index contributed by atoms with van der Waals surface area (Å²) >= 11 is 0. The SMILES string of the molecule is C.C.Cc1ccc(C)nn1.Cc1cnc(C)cn1. The Morgan fingerprint density at radius 3 is 1.17 bits per heavy atom. The van der Waals surface area contributed by atoms with E-state index in [4.69, 9.17) is 0 Å². The van der Waals surface area contributed by atoms with Gasteiger partial charge in [-0.2, -0.15) is 10.2 Å². The number of aryl methyl sites for hydroxylation is 4. The van der Waals surface area contributed by atoms with Crippen LogP contribution < -0.4 is 0 Å². The molecule has 0 fully saturated rings. The monoisotopic (exact) mass is 248 g/mol. The number of aromatic nitrogens is 4. The van der Waals surface area contributed by atoms with Crippen LogP contribution in [-0.4, -0.2) is 20.2 Å². The van der Waals surface area contributed by atoms with Crippen molar-refractivity contribution >= 4 is 0 Å². The van der Waals surface area contributed by atoms with Crippen LogP contribution in [0.3, 0.4) is 0 Å². The fourth-order valence-electron chi connectivity index (χ4n) is 0.923. The predicted octanol–water partition coefficient (Wildman–Crippen LogP) is 3.46. The van der Waals surface area contributed by atoms with E-state index in [9.17, 15) is 0 Å². The Labute approximate surface area is 111 Å². The van der Waals surface area contributed by atoms with Crippen LogP contribution in [0.25, 0.3) is 0 Å². The average Bonchev–Trinajstić information content (AvgIpc) is 2.28. The number of hydrogen-bond acceptors (Lipinski definition) is 4. The lowest BCUT2D eigenvalue weighted by atomic mass is 10.4. The molecule has 2 aromatic rings. The molecule has 18 heavy (non-hydrogen) atoms. The third-order valence-corrected chi connectivity index (χ3v) is 1.84. The molecule has 0 aromatic carbocycles. The van der Waals surface area contributed by atoms with E-state index in [0.29, 0.717) is 0 Å². The standard InChI is InChI=1S/2C6H8N2.2CH4/c1-5-3-8-6(2)4-7-5;1-5-3-4-6(2)8-7-5;;/h2*3-4H,1-2H3;2*1H4. The van der Waals surface area contributed by atoms with Crippen LogP contribution in [0.15, 0.2) is 24.5 Å². The molecule has 0 bridgehead atoms. The first-order valence-corrected chi connectivity index (χ1v) is 5.10. The second-order valence-electron chi connectivity index (χ2n) is 3.62. The van der Waals surface area contributed by atoms with Crippen LogP contribution in [0.2, 0.25) is 0 Å². The zero-order valence-electron chi connectivity index (χ0n) is 10.1. The normalized spacial score (nSPS) is 8.22. The van der Waals surface area contributed by atoms with Gasteiger partial charge < -0.3 is 0 Å². The van der Waals surface area contributed by atoms with Crippen LogP contribution in [0.1, 0.15) is 37.6 Å². The molecule has 0 aliphatic rings. The number of rotatable bonds is 0. The van der Waals surface area contributed by atoms with Crippen molar-refractivity contribution in [2.75, 3.05) is 0 Å². The Morgan fingerprint density at radius 2 is 0.944 bits per heavy atom. The Balaban J connectivity index is 0. The Kier molecular flexibility index (Phi) is 9.48. The van der Waals surface area contributed by atoms with E-state index in [1.54, 1.807) is 12.4 Å². The maximum Gasteiger partial charge on any atom is 0.0600 e.